The summed E-state index contributed by atoms with van der Waals surface area (Å²) in [5.41, 5.74) is 1.74. The fourth-order valence-electron chi connectivity index (χ4n) is 1.66. The van der Waals surface area contributed by atoms with Gasteiger partial charge in [0.1, 0.15) is 0 Å². The average Bonchev–Trinajstić information content (AvgIpc) is 2.25. The van der Waals surface area contributed by atoms with Crippen molar-refractivity contribution in [1.82, 2.24) is 10.2 Å². The van der Waals surface area contributed by atoms with E-state index in [1.54, 1.807) is 12.3 Å². The first-order chi connectivity index (χ1) is 7.71. The minimum atomic E-state index is 0.431. The third kappa shape index (κ3) is 3.14. The molecule has 4 heteroatoms. The summed E-state index contributed by atoms with van der Waals surface area (Å²) in [6.45, 7) is 5.77. The molecule has 0 unspecified atom stereocenters. The zero-order chi connectivity index (χ0) is 12.0. The molecule has 1 fully saturated rings. The van der Waals surface area contributed by atoms with E-state index in [0.29, 0.717) is 12.5 Å². The van der Waals surface area contributed by atoms with Gasteiger partial charge >= 0.3 is 0 Å². The second-order valence-corrected chi connectivity index (χ2v) is 3.85. The first kappa shape index (κ1) is 12.3. The third-order valence-electron chi connectivity index (χ3n) is 2.54. The molecule has 0 aliphatic carbocycles. The van der Waals surface area contributed by atoms with E-state index >= 15 is 0 Å². The number of allylic oxidation sites excluding steroid dienone is 3. The Bertz CT molecular complexity index is 343. The van der Waals surface area contributed by atoms with Crippen molar-refractivity contribution in [3.8, 4) is 12.3 Å². The number of nitrogens with zero attached hydrogens (tertiary/aromatic N) is 2. The minimum absolute atomic E-state index is 0.431. The lowest BCUT2D eigenvalue weighted by atomic mass is 10.1. The molecule has 0 aromatic rings. The second-order valence-electron chi connectivity index (χ2n) is 3.85. The van der Waals surface area contributed by atoms with Crippen molar-refractivity contribution in [2.24, 2.45) is 10.9 Å². The summed E-state index contributed by atoms with van der Waals surface area (Å²) in [4.78, 5) is 2.22. The van der Waals surface area contributed by atoms with Crippen molar-refractivity contribution >= 4 is 6.21 Å². The van der Waals surface area contributed by atoms with Gasteiger partial charge in [0.05, 0.1) is 11.7 Å². The highest BCUT2D eigenvalue weighted by atomic mass is 15.2. The topological polar surface area (TPSA) is 53.6 Å². The maximum atomic E-state index is 5.48. The molecule has 0 aromatic heterocycles. The van der Waals surface area contributed by atoms with Gasteiger partial charge in [-0.3, -0.25) is 0 Å². The second kappa shape index (κ2) is 5.99. The molecule has 0 spiro atoms. The van der Waals surface area contributed by atoms with Gasteiger partial charge in [0.25, 0.3) is 0 Å². The fraction of sp³-hybridized carbons (Fsp3) is 0.417. The van der Waals surface area contributed by atoms with Crippen LogP contribution in [-0.2, 0) is 0 Å². The Balaban J connectivity index is 2.65. The molecule has 0 atom stereocenters. The Kier molecular flexibility index (Phi) is 4.62. The fourth-order valence-corrected chi connectivity index (χ4v) is 1.66. The summed E-state index contributed by atoms with van der Waals surface area (Å²) in [5, 5.41) is 6.78. The van der Waals surface area contributed by atoms with Crippen LogP contribution < -0.4 is 11.2 Å². The number of likely N-dealkylation sites (N-methyl/N-ethyl adjacent to an activating group) is 1. The quantitative estimate of drug-likeness (QED) is 0.229. The smallest absolute Gasteiger partial charge is 0.0889 e. The molecule has 0 saturated carbocycles. The molecule has 1 rings (SSSR count). The normalized spacial score (nSPS) is 18.8. The summed E-state index contributed by atoms with van der Waals surface area (Å²) < 4.78 is 0. The lowest BCUT2D eigenvalue weighted by Gasteiger charge is -2.37. The van der Waals surface area contributed by atoms with Gasteiger partial charge in [0.2, 0.25) is 0 Å². The van der Waals surface area contributed by atoms with Gasteiger partial charge in [-0.25, -0.2) is 0 Å². The van der Waals surface area contributed by atoms with Gasteiger partial charge < -0.3 is 16.1 Å². The van der Waals surface area contributed by atoms with Gasteiger partial charge in [-0.15, -0.1) is 6.42 Å². The van der Waals surface area contributed by atoms with Crippen molar-refractivity contribution in [2.75, 3.05) is 20.1 Å². The summed E-state index contributed by atoms with van der Waals surface area (Å²) in [6.07, 6.45) is 9.44. The Labute approximate surface area is 96.9 Å². The SMILES string of the molecule is C#C/C(NC1CN(C)C1)=C(/C=C)C/C=N\N. The Morgan fingerprint density at radius 3 is 2.88 bits per heavy atom. The van der Waals surface area contributed by atoms with Crippen LogP contribution in [0.3, 0.4) is 0 Å². The van der Waals surface area contributed by atoms with Crippen molar-refractivity contribution in [1.29, 1.82) is 0 Å². The van der Waals surface area contributed by atoms with Crippen molar-refractivity contribution in [2.45, 2.75) is 12.5 Å². The van der Waals surface area contributed by atoms with E-state index in [4.69, 9.17) is 12.3 Å². The molecule has 0 aromatic carbocycles. The predicted octanol–water partition coefficient (Wildman–Crippen LogP) is 0.298. The lowest BCUT2D eigenvalue weighted by molar-refractivity contribution is 0.171. The molecule has 16 heavy (non-hydrogen) atoms. The lowest BCUT2D eigenvalue weighted by Crippen LogP contribution is -2.55. The van der Waals surface area contributed by atoms with Crippen molar-refractivity contribution in [3.63, 3.8) is 0 Å². The predicted molar refractivity (Wildman–Crippen MR) is 67.8 cm³/mol. The third-order valence-corrected chi connectivity index (χ3v) is 2.54. The van der Waals surface area contributed by atoms with Crippen LogP contribution in [0.2, 0.25) is 0 Å². The summed E-state index contributed by atoms with van der Waals surface area (Å²) in [6, 6.07) is 0.431. The molecule has 1 aliphatic heterocycles. The Morgan fingerprint density at radius 2 is 2.44 bits per heavy atom. The highest BCUT2D eigenvalue weighted by Gasteiger charge is 2.23. The maximum Gasteiger partial charge on any atom is 0.0889 e. The largest absolute Gasteiger partial charge is 0.373 e. The number of nitrogens with one attached hydrogen (secondary N) is 1. The molecule has 1 saturated heterocycles. The number of hydrazone groups is 1. The van der Waals surface area contributed by atoms with E-state index in [0.717, 1.165) is 24.4 Å². The summed E-state index contributed by atoms with van der Waals surface area (Å²) in [7, 11) is 2.08. The van der Waals surface area contributed by atoms with Gasteiger partial charge in [-0.1, -0.05) is 18.6 Å². The number of nitrogens with two attached hydrogens (primary N) is 1. The van der Waals surface area contributed by atoms with E-state index in [1.807, 2.05) is 0 Å². The summed E-state index contributed by atoms with van der Waals surface area (Å²) >= 11 is 0. The van der Waals surface area contributed by atoms with E-state index in [9.17, 15) is 0 Å². The van der Waals surface area contributed by atoms with Crippen LogP contribution in [-0.4, -0.2) is 37.3 Å². The zero-order valence-electron chi connectivity index (χ0n) is 9.61. The highest BCUT2D eigenvalue weighted by Crippen LogP contribution is 2.11. The first-order valence-corrected chi connectivity index (χ1v) is 5.20. The molecule has 1 aliphatic rings. The minimum Gasteiger partial charge on any atom is -0.373 e. The average molecular weight is 218 g/mol. The zero-order valence-corrected chi connectivity index (χ0v) is 9.61. The number of hydrogen-bond acceptors (Lipinski definition) is 4. The van der Waals surface area contributed by atoms with Crippen LogP contribution in [0.25, 0.3) is 0 Å². The van der Waals surface area contributed by atoms with Gasteiger partial charge in [0, 0.05) is 25.7 Å². The molecular formula is C12H18N4. The Hall–Kier alpha value is -1.73. The van der Waals surface area contributed by atoms with Gasteiger partial charge in [0.15, 0.2) is 0 Å². The van der Waals surface area contributed by atoms with Crippen LogP contribution in [0.15, 0.2) is 29.0 Å². The summed E-state index contributed by atoms with van der Waals surface area (Å²) in [5.74, 6) is 7.72. The maximum absolute atomic E-state index is 5.48. The molecular weight excluding hydrogens is 200 g/mol. The number of rotatable bonds is 5. The van der Waals surface area contributed by atoms with Crippen molar-refractivity contribution in [3.05, 3.63) is 23.9 Å². The molecule has 0 amide bonds. The van der Waals surface area contributed by atoms with E-state index in [2.05, 4.69) is 34.9 Å². The highest BCUT2D eigenvalue weighted by molar-refractivity contribution is 5.63. The molecule has 1 heterocycles. The first-order valence-electron chi connectivity index (χ1n) is 5.20. The van der Waals surface area contributed by atoms with E-state index in [1.165, 1.54) is 0 Å². The molecule has 3 N–H and O–H groups in total. The van der Waals surface area contributed by atoms with Gasteiger partial charge in [-0.05, 0) is 12.6 Å². The molecule has 86 valence electrons. The van der Waals surface area contributed by atoms with Crippen LogP contribution in [0, 0.1) is 12.3 Å². The number of terminal acetylenes is 1. The van der Waals surface area contributed by atoms with Crippen LogP contribution in [0.4, 0.5) is 0 Å². The van der Waals surface area contributed by atoms with E-state index in [-0.39, 0.29) is 0 Å². The van der Waals surface area contributed by atoms with Crippen LogP contribution >= 0.6 is 0 Å². The van der Waals surface area contributed by atoms with E-state index < -0.39 is 0 Å². The molecule has 0 radical (unpaired) electrons. The standard InChI is InChI=1S/C12H18N4/c1-4-10(6-7-14-13)12(5-2)15-11-8-16(3)9-11/h2,4,7,11,15H,1,6,8-9,13H2,3H3/b12-10+,14-7-. The van der Waals surface area contributed by atoms with Crippen molar-refractivity contribution < 1.29 is 0 Å². The van der Waals surface area contributed by atoms with Crippen LogP contribution in [0.1, 0.15) is 6.42 Å². The number of likely N-dealkylation sites (tertiary alicyclic amines) is 1. The van der Waals surface area contributed by atoms with Crippen LogP contribution in [0.5, 0.6) is 0 Å². The molecule has 4 nitrogen and oxygen atoms in total. The monoisotopic (exact) mass is 218 g/mol. The number of hydrogen-bond donors (Lipinski definition) is 2. The molecule has 0 bridgehead atoms. The van der Waals surface area contributed by atoms with Gasteiger partial charge in [-0.2, -0.15) is 5.10 Å². The Morgan fingerprint density at radius 1 is 1.75 bits per heavy atom.